The molecule has 0 aromatic heterocycles. The molecule has 0 atom stereocenters. The summed E-state index contributed by atoms with van der Waals surface area (Å²) in [7, 11) is 5.34. The molecule has 0 unspecified atom stereocenters. The number of fused-ring (bicyclic) bond motifs is 3. The van der Waals surface area contributed by atoms with Gasteiger partial charge in [-0.1, -0.05) is 109 Å². The van der Waals surface area contributed by atoms with E-state index < -0.39 is 5.97 Å². The molecule has 1 N–H and O–H groups in total. The number of thiol groups is 1. The maximum Gasteiger partial charge on any atom is 1.00 e. The average molecular weight is 713 g/mol. The number of hydrogen-bond acceptors (Lipinski definition) is 8. The van der Waals surface area contributed by atoms with Crippen LogP contribution in [-0.2, 0) is 20.9 Å². The molecule has 6 rings (SSSR count). The Morgan fingerprint density at radius 3 is 1.33 bits per heavy atom. The van der Waals surface area contributed by atoms with Gasteiger partial charge in [-0.15, -0.1) is 0 Å². The van der Waals surface area contributed by atoms with Crippen molar-refractivity contribution in [1.82, 2.24) is 0 Å². The molecular formula is C41H44BNNaO6S. The molecule has 7 nitrogen and oxygen atoms in total. The fourth-order valence-corrected chi connectivity index (χ4v) is 4.99. The van der Waals surface area contributed by atoms with Crippen molar-refractivity contribution in [3.05, 3.63) is 143 Å². The van der Waals surface area contributed by atoms with Gasteiger partial charge in [0.2, 0.25) is 0 Å². The maximum atomic E-state index is 10.8. The molecule has 0 fully saturated rings. The molecule has 0 bridgehead atoms. The predicted molar refractivity (Wildman–Crippen MR) is 208 cm³/mol. The summed E-state index contributed by atoms with van der Waals surface area (Å²) >= 11 is 3.19. The van der Waals surface area contributed by atoms with Gasteiger partial charge in [0.1, 0.15) is 6.61 Å². The smallest absolute Gasteiger partial charge is 1.00 e. The Morgan fingerprint density at radius 1 is 0.667 bits per heavy atom. The zero-order valence-corrected chi connectivity index (χ0v) is 33.5. The molecule has 51 heavy (non-hydrogen) atoms. The number of ether oxygens (including phenoxy) is 1. The normalized spacial score (nSPS) is 9.18. The van der Waals surface area contributed by atoms with Crippen molar-refractivity contribution < 1.29 is 58.9 Å². The third-order valence-electron chi connectivity index (χ3n) is 7.33. The third-order valence-corrected chi connectivity index (χ3v) is 7.33. The second kappa shape index (κ2) is 25.8. The van der Waals surface area contributed by atoms with E-state index in [1.165, 1.54) is 45.3 Å². The topological polar surface area (TPSA) is 116 Å². The van der Waals surface area contributed by atoms with Crippen molar-refractivity contribution >= 4 is 71.0 Å². The van der Waals surface area contributed by atoms with Crippen LogP contribution in [0.5, 0.6) is 0 Å². The summed E-state index contributed by atoms with van der Waals surface area (Å²) in [6, 6.07) is 36.9. The minimum absolute atomic E-state index is 0. The van der Waals surface area contributed by atoms with E-state index in [2.05, 4.69) is 107 Å². The fraction of sp³-hybridized carbons (Fsp3) is 0.195. The van der Waals surface area contributed by atoms with Crippen LogP contribution in [0.4, 0.5) is 0 Å². The van der Waals surface area contributed by atoms with Gasteiger partial charge in [0.15, 0.2) is 6.29 Å². The van der Waals surface area contributed by atoms with E-state index in [0.717, 1.165) is 47.6 Å². The zero-order valence-electron chi connectivity index (χ0n) is 30.6. The fourth-order valence-electron chi connectivity index (χ4n) is 4.99. The van der Waals surface area contributed by atoms with Gasteiger partial charge < -0.3 is 19.7 Å². The number of carboxylic acid groups (broad SMARTS) is 1. The summed E-state index contributed by atoms with van der Waals surface area (Å²) in [6.45, 7) is 11.2. The summed E-state index contributed by atoms with van der Waals surface area (Å²) in [4.78, 5) is 30.4. The van der Waals surface area contributed by atoms with E-state index in [1.807, 2.05) is 54.6 Å². The van der Waals surface area contributed by atoms with E-state index in [1.54, 1.807) is 0 Å². The van der Waals surface area contributed by atoms with Crippen LogP contribution in [0.1, 0.15) is 52.0 Å². The van der Waals surface area contributed by atoms with E-state index in [4.69, 9.17) is 19.7 Å². The van der Waals surface area contributed by atoms with Gasteiger partial charge in [0.25, 0.3) is 0 Å². The number of rotatable bonds is 3. The first kappa shape index (κ1) is 46.9. The minimum atomic E-state index is -1.08. The van der Waals surface area contributed by atoms with Crippen LogP contribution in [0.15, 0.2) is 113 Å². The quantitative estimate of drug-likeness (QED) is 0.113. The second-order valence-electron chi connectivity index (χ2n) is 10.9. The van der Waals surface area contributed by atoms with Crippen LogP contribution in [0.3, 0.4) is 0 Å². The number of esters is 1. The van der Waals surface area contributed by atoms with Crippen LogP contribution in [-0.4, -0.2) is 38.1 Å². The second-order valence-corrected chi connectivity index (χ2v) is 11.1. The Labute approximate surface area is 330 Å². The number of benzene rings is 6. The number of aldehydes is 1. The first-order valence-corrected chi connectivity index (χ1v) is 16.0. The number of aliphatic carboxylic acids is 1. The minimum Gasteiger partial charge on any atom is 1.00 e. The van der Waals surface area contributed by atoms with Gasteiger partial charge in [-0.25, -0.2) is 0 Å². The molecule has 0 saturated carbocycles. The van der Waals surface area contributed by atoms with Crippen LogP contribution in [0.2, 0.25) is 0 Å². The van der Waals surface area contributed by atoms with Crippen LogP contribution >= 0.6 is 12.8 Å². The zero-order chi connectivity index (χ0) is 37.6. The monoisotopic (exact) mass is 712 g/mol. The summed E-state index contributed by atoms with van der Waals surface area (Å²) < 4.78 is 7.73. The van der Waals surface area contributed by atoms with Crippen molar-refractivity contribution in [2.75, 3.05) is 7.11 Å². The van der Waals surface area contributed by atoms with Gasteiger partial charge >= 0.3 is 60.3 Å². The third kappa shape index (κ3) is 15.8. The van der Waals surface area contributed by atoms with Crippen LogP contribution < -0.4 is 34.7 Å². The van der Waals surface area contributed by atoms with Gasteiger partial charge in [-0.3, -0.25) is 9.59 Å². The van der Waals surface area contributed by atoms with Crippen molar-refractivity contribution in [1.29, 1.82) is 0 Å². The standard InChI is InChI=1S/C14H14O2.C12H10O.C12H12.C2H4O2.CH4O.BHNS.Na/c1-10-7-8-12(9-16-11(2)15)14-6-4-3-5-13(10)14;1-9-6-7-10(8-13)12-5-3-2-4-11(9)12;1-9-7-8-10(2)12-6-4-3-5-11(9)12;1-2(3)4;1-2;1-2-3;/h3-8H,9H2,1-2H3;2-8H,1H3;3-8H,1-2H3;1H3,(H,3,4);2H,1H3;3H;/q;;;;;;+1/p-1. The van der Waals surface area contributed by atoms with Gasteiger partial charge in [0, 0.05) is 25.6 Å². The molecule has 259 valence electrons. The van der Waals surface area contributed by atoms with E-state index >= 15 is 0 Å². The summed E-state index contributed by atoms with van der Waals surface area (Å²) in [6.07, 6.45) is 0.905. The first-order chi connectivity index (χ1) is 23.9. The van der Waals surface area contributed by atoms with Crippen LogP contribution in [0.25, 0.3) is 32.3 Å². The van der Waals surface area contributed by atoms with Gasteiger partial charge in [0.05, 0.1) is 0 Å². The summed E-state index contributed by atoms with van der Waals surface area (Å²) in [5.74, 6) is -1.33. The molecule has 6 aromatic carbocycles. The van der Waals surface area contributed by atoms with Gasteiger partial charge in [-0.05, 0) is 94.8 Å². The number of hydrogen-bond donors (Lipinski definition) is 2. The number of carbonyl (C=O) groups is 3. The Balaban J connectivity index is 0.000000657. The molecule has 0 saturated heterocycles. The van der Waals surface area contributed by atoms with E-state index in [9.17, 15) is 9.59 Å². The SMILES string of the molecule is CC(=O)OCc1ccc(C)c2ccccc12.CC(=O)[O-].CO.Cc1ccc(C)c2ccccc12.Cc1ccc(C=O)c2ccccc12.[B]=NS.[Na+]. The predicted octanol–water partition coefficient (Wildman–Crippen LogP) is 5.18. The van der Waals surface area contributed by atoms with Crippen LogP contribution in [0, 0.1) is 27.7 Å². The number of nitrogens with zero attached hydrogens (tertiary/aromatic N) is 1. The summed E-state index contributed by atoms with van der Waals surface area (Å²) in [5, 5.41) is 23.2. The van der Waals surface area contributed by atoms with E-state index in [0.29, 0.717) is 6.61 Å². The molecule has 0 aliphatic rings. The molecule has 1 radical (unpaired) electrons. The largest absolute Gasteiger partial charge is 1.00 e. The van der Waals surface area contributed by atoms with Crippen molar-refractivity contribution in [3.8, 4) is 0 Å². The Bertz CT molecular complexity index is 1970. The molecule has 0 spiro atoms. The molecule has 0 aliphatic carbocycles. The Morgan fingerprint density at radius 2 is 0.961 bits per heavy atom. The Kier molecular flexibility index (Phi) is 23.7. The number of aliphatic hydroxyl groups is 1. The summed E-state index contributed by atoms with van der Waals surface area (Å²) in [5.41, 5.74) is 6.98. The van der Waals surface area contributed by atoms with Crippen molar-refractivity contribution in [2.24, 2.45) is 4.30 Å². The number of aryl methyl sites for hydroxylation is 4. The van der Waals surface area contributed by atoms with Crippen molar-refractivity contribution in [2.45, 2.75) is 48.1 Å². The van der Waals surface area contributed by atoms with Crippen molar-refractivity contribution in [3.63, 3.8) is 0 Å². The number of aliphatic hydroxyl groups excluding tert-OH is 1. The molecule has 6 aromatic rings. The Hall–Kier alpha value is -4.12. The number of carboxylic acids is 1. The molecular weight excluding hydrogens is 668 g/mol. The molecule has 10 heteroatoms. The number of carbonyl (C=O) groups excluding carboxylic acids is 3. The maximum absolute atomic E-state index is 10.8. The molecule has 0 heterocycles. The van der Waals surface area contributed by atoms with Gasteiger partial charge in [-0.2, -0.15) is 0 Å². The van der Waals surface area contributed by atoms with E-state index in [-0.39, 0.29) is 35.5 Å². The molecule has 0 aliphatic heterocycles. The first-order valence-electron chi connectivity index (χ1n) is 15.6. The average Bonchev–Trinajstić information content (AvgIpc) is 3.12. The molecule has 0 amide bonds.